The number of amides is 1. The molecular formula is C20H21NO6. The lowest BCUT2D eigenvalue weighted by atomic mass is 10.2. The zero-order valence-corrected chi connectivity index (χ0v) is 15.1. The number of carbonyl (C=O) groups excluding carboxylic acids is 3. The van der Waals surface area contributed by atoms with E-state index in [0.29, 0.717) is 35.6 Å². The van der Waals surface area contributed by atoms with Gasteiger partial charge in [-0.05, 0) is 62.4 Å². The predicted molar refractivity (Wildman–Crippen MR) is 99.1 cm³/mol. The second-order valence-corrected chi connectivity index (χ2v) is 5.55. The summed E-state index contributed by atoms with van der Waals surface area (Å²) in [5, 5.41) is 2.66. The summed E-state index contributed by atoms with van der Waals surface area (Å²) in [5.74, 6) is -0.0102. The molecule has 1 amide bonds. The lowest BCUT2D eigenvalue weighted by molar-refractivity contribution is -0.155. The van der Waals surface area contributed by atoms with Crippen LogP contribution in [0.25, 0.3) is 0 Å². The highest BCUT2D eigenvalue weighted by molar-refractivity contribution is 5.95. The van der Waals surface area contributed by atoms with Crippen LogP contribution < -0.4 is 14.8 Å². The van der Waals surface area contributed by atoms with Crippen molar-refractivity contribution in [3.05, 3.63) is 54.1 Å². The number of benzene rings is 2. The fraction of sp³-hybridized carbons (Fsp3) is 0.250. The molecule has 0 unspecified atom stereocenters. The predicted octanol–water partition coefficient (Wildman–Crippen LogP) is 2.85. The van der Waals surface area contributed by atoms with Gasteiger partial charge in [-0.1, -0.05) is 0 Å². The summed E-state index contributed by atoms with van der Waals surface area (Å²) in [6, 6.07) is 13.1. The molecule has 0 aliphatic heterocycles. The number of aldehydes is 1. The molecule has 7 nitrogen and oxygen atoms in total. The van der Waals surface area contributed by atoms with E-state index in [-0.39, 0.29) is 6.61 Å². The van der Waals surface area contributed by atoms with Crippen molar-refractivity contribution in [2.45, 2.75) is 20.0 Å². The fourth-order valence-electron chi connectivity index (χ4n) is 2.11. The lowest BCUT2D eigenvalue weighted by Gasteiger charge is -2.14. The van der Waals surface area contributed by atoms with Gasteiger partial charge in [0.1, 0.15) is 17.8 Å². The van der Waals surface area contributed by atoms with Gasteiger partial charge in [0, 0.05) is 11.3 Å². The molecule has 0 aliphatic rings. The smallest absolute Gasteiger partial charge is 0.344 e. The number of nitrogens with one attached hydrogen (secondary N) is 1. The van der Waals surface area contributed by atoms with Crippen molar-refractivity contribution in [1.29, 1.82) is 0 Å². The van der Waals surface area contributed by atoms with Gasteiger partial charge in [0.15, 0.2) is 12.7 Å². The molecular weight excluding hydrogens is 350 g/mol. The molecule has 0 spiro atoms. The SMILES string of the molecule is CCOc1ccc(NC(=O)[C@H](C)OC(=O)COc2ccc(C=O)cc2)cc1. The third kappa shape index (κ3) is 6.47. The van der Waals surface area contributed by atoms with Gasteiger partial charge in [0.2, 0.25) is 0 Å². The molecule has 0 heterocycles. The molecule has 0 radical (unpaired) electrons. The lowest BCUT2D eigenvalue weighted by Crippen LogP contribution is -2.31. The van der Waals surface area contributed by atoms with Crippen molar-refractivity contribution >= 4 is 23.9 Å². The molecule has 1 atom stereocenters. The summed E-state index contributed by atoms with van der Waals surface area (Å²) in [7, 11) is 0. The molecule has 27 heavy (non-hydrogen) atoms. The quantitative estimate of drug-likeness (QED) is 0.538. The summed E-state index contributed by atoms with van der Waals surface area (Å²) >= 11 is 0. The van der Waals surface area contributed by atoms with Crippen LogP contribution in [0.4, 0.5) is 5.69 Å². The van der Waals surface area contributed by atoms with Crippen LogP contribution in [0.1, 0.15) is 24.2 Å². The molecule has 0 aliphatic carbocycles. The normalized spacial score (nSPS) is 11.2. The molecule has 0 fully saturated rings. The number of hydrogen-bond acceptors (Lipinski definition) is 6. The summed E-state index contributed by atoms with van der Waals surface area (Å²) in [6.45, 7) is 3.57. The second kappa shape index (κ2) is 9.96. The Morgan fingerprint density at radius 3 is 2.19 bits per heavy atom. The Bertz CT molecular complexity index is 770. The monoisotopic (exact) mass is 371 g/mol. The number of esters is 1. The van der Waals surface area contributed by atoms with E-state index in [2.05, 4.69) is 5.32 Å². The van der Waals surface area contributed by atoms with Crippen LogP contribution in [0.5, 0.6) is 11.5 Å². The molecule has 7 heteroatoms. The van der Waals surface area contributed by atoms with Gasteiger partial charge in [0.05, 0.1) is 6.61 Å². The highest BCUT2D eigenvalue weighted by Crippen LogP contribution is 2.16. The summed E-state index contributed by atoms with van der Waals surface area (Å²) in [6.07, 6.45) is -0.270. The Labute approximate surface area is 157 Å². The first kappa shape index (κ1) is 20.0. The van der Waals surface area contributed by atoms with Crippen LogP contribution in [-0.4, -0.2) is 37.5 Å². The summed E-state index contributed by atoms with van der Waals surface area (Å²) in [5.41, 5.74) is 1.07. The van der Waals surface area contributed by atoms with E-state index in [1.54, 1.807) is 48.5 Å². The van der Waals surface area contributed by atoms with Gasteiger partial charge in [-0.2, -0.15) is 0 Å². The topological polar surface area (TPSA) is 90.9 Å². The van der Waals surface area contributed by atoms with Crippen LogP contribution in [0.2, 0.25) is 0 Å². The third-order valence-electron chi connectivity index (χ3n) is 3.48. The minimum absolute atomic E-state index is 0.346. The molecule has 142 valence electrons. The fourth-order valence-corrected chi connectivity index (χ4v) is 2.11. The summed E-state index contributed by atoms with van der Waals surface area (Å²) < 4.78 is 15.7. The molecule has 0 aromatic heterocycles. The Kier molecular flexibility index (Phi) is 7.37. The first-order valence-corrected chi connectivity index (χ1v) is 8.43. The minimum atomic E-state index is -0.981. The Morgan fingerprint density at radius 2 is 1.59 bits per heavy atom. The van der Waals surface area contributed by atoms with Crippen molar-refractivity contribution < 1.29 is 28.6 Å². The number of ether oxygens (including phenoxy) is 3. The average molecular weight is 371 g/mol. The van der Waals surface area contributed by atoms with Crippen molar-refractivity contribution in [2.24, 2.45) is 0 Å². The number of rotatable bonds is 9. The van der Waals surface area contributed by atoms with Crippen molar-refractivity contribution in [3.8, 4) is 11.5 Å². The van der Waals surface area contributed by atoms with Crippen LogP contribution >= 0.6 is 0 Å². The largest absolute Gasteiger partial charge is 0.494 e. The van der Waals surface area contributed by atoms with E-state index in [9.17, 15) is 14.4 Å². The molecule has 2 rings (SSSR count). The van der Waals surface area contributed by atoms with Crippen molar-refractivity contribution in [1.82, 2.24) is 0 Å². The number of anilines is 1. The highest BCUT2D eigenvalue weighted by atomic mass is 16.6. The van der Waals surface area contributed by atoms with Crippen LogP contribution in [-0.2, 0) is 14.3 Å². The minimum Gasteiger partial charge on any atom is -0.494 e. The van der Waals surface area contributed by atoms with E-state index in [1.165, 1.54) is 6.92 Å². The van der Waals surface area contributed by atoms with E-state index in [4.69, 9.17) is 14.2 Å². The number of carbonyl (C=O) groups is 3. The second-order valence-electron chi connectivity index (χ2n) is 5.55. The molecule has 0 saturated heterocycles. The van der Waals surface area contributed by atoms with E-state index < -0.39 is 18.0 Å². The average Bonchev–Trinajstić information content (AvgIpc) is 2.68. The zero-order chi connectivity index (χ0) is 19.6. The Hall–Kier alpha value is -3.35. The molecule has 1 N–H and O–H groups in total. The standard InChI is InChI=1S/C20H21NO6/c1-3-25-17-10-6-16(7-11-17)21-20(24)14(2)27-19(23)13-26-18-8-4-15(12-22)5-9-18/h4-12,14H,3,13H2,1-2H3,(H,21,24)/t14-/m0/s1. The van der Waals surface area contributed by atoms with Crippen molar-refractivity contribution in [2.75, 3.05) is 18.5 Å². The van der Waals surface area contributed by atoms with E-state index in [0.717, 1.165) is 0 Å². The van der Waals surface area contributed by atoms with E-state index in [1.807, 2.05) is 6.92 Å². The first-order valence-electron chi connectivity index (χ1n) is 8.43. The molecule has 2 aromatic carbocycles. The maximum absolute atomic E-state index is 12.1. The van der Waals surface area contributed by atoms with Crippen LogP contribution in [0, 0.1) is 0 Å². The third-order valence-corrected chi connectivity index (χ3v) is 3.48. The Balaban J connectivity index is 1.78. The van der Waals surface area contributed by atoms with Gasteiger partial charge in [-0.25, -0.2) is 4.79 Å². The van der Waals surface area contributed by atoms with Gasteiger partial charge >= 0.3 is 5.97 Å². The van der Waals surface area contributed by atoms with Gasteiger partial charge in [-0.3, -0.25) is 9.59 Å². The van der Waals surface area contributed by atoms with Crippen molar-refractivity contribution in [3.63, 3.8) is 0 Å². The Morgan fingerprint density at radius 1 is 1.00 bits per heavy atom. The van der Waals surface area contributed by atoms with Gasteiger partial charge in [-0.15, -0.1) is 0 Å². The maximum atomic E-state index is 12.1. The van der Waals surface area contributed by atoms with E-state index >= 15 is 0 Å². The van der Waals surface area contributed by atoms with Crippen LogP contribution in [0.15, 0.2) is 48.5 Å². The summed E-state index contributed by atoms with van der Waals surface area (Å²) in [4.78, 5) is 34.5. The van der Waals surface area contributed by atoms with Gasteiger partial charge in [0.25, 0.3) is 5.91 Å². The first-order chi connectivity index (χ1) is 13.0. The molecule has 0 bridgehead atoms. The maximum Gasteiger partial charge on any atom is 0.344 e. The molecule has 2 aromatic rings. The zero-order valence-electron chi connectivity index (χ0n) is 15.1. The number of hydrogen-bond donors (Lipinski definition) is 1. The molecule has 0 saturated carbocycles. The highest BCUT2D eigenvalue weighted by Gasteiger charge is 2.18. The van der Waals surface area contributed by atoms with Crippen LogP contribution in [0.3, 0.4) is 0 Å². The van der Waals surface area contributed by atoms with Gasteiger partial charge < -0.3 is 19.5 Å².